The largest absolute Gasteiger partial charge is 0.385 e. The molecule has 0 bridgehead atoms. The Morgan fingerprint density at radius 2 is 2.00 bits per heavy atom. The van der Waals surface area contributed by atoms with Crippen LogP contribution in [-0.2, 0) is 15.7 Å². The second kappa shape index (κ2) is 5.73. The minimum absolute atomic E-state index is 0.193. The summed E-state index contributed by atoms with van der Waals surface area (Å²) in [6, 6.07) is 0.236. The van der Waals surface area contributed by atoms with Crippen LogP contribution >= 0.6 is 0 Å². The molecule has 2 unspecified atom stereocenters. The molecule has 80 valence electrons. The van der Waals surface area contributed by atoms with Gasteiger partial charge in [0.2, 0.25) is 0 Å². The number of hydrogen-bond donors (Lipinski definition) is 1. The van der Waals surface area contributed by atoms with Gasteiger partial charge in [-0.3, -0.25) is 0 Å². The predicted molar refractivity (Wildman–Crippen MR) is 57.0 cm³/mol. The minimum atomic E-state index is -0.976. The molecule has 4 heteroatoms. The average molecular weight is 207 g/mol. The highest BCUT2D eigenvalue weighted by Crippen LogP contribution is 2.09. The third-order valence-corrected chi connectivity index (χ3v) is 3.35. The molecule has 0 aromatic rings. The summed E-state index contributed by atoms with van der Waals surface area (Å²) in [4.78, 5) is 0. The Bertz CT molecular complexity index is 165. The van der Waals surface area contributed by atoms with Gasteiger partial charge in [0.25, 0.3) is 0 Å². The van der Waals surface area contributed by atoms with E-state index in [-0.39, 0.29) is 10.8 Å². The highest BCUT2D eigenvalue weighted by atomic mass is 32.2. The number of methoxy groups -OCH3 is 1. The predicted octanol–water partition coefficient (Wildman–Crippen LogP) is 1.46. The maximum Gasteiger partial charge on any atom is 0.0972 e. The first kappa shape index (κ1) is 13.1. The fourth-order valence-electron chi connectivity index (χ4n) is 0.713. The van der Waals surface area contributed by atoms with Gasteiger partial charge in [0.15, 0.2) is 0 Å². The molecule has 0 saturated heterocycles. The molecule has 0 radical (unpaired) electrons. The van der Waals surface area contributed by atoms with Crippen LogP contribution in [-0.4, -0.2) is 28.7 Å². The lowest BCUT2D eigenvalue weighted by molar-refractivity contribution is 0.188. The zero-order chi connectivity index (χ0) is 10.5. The molecule has 13 heavy (non-hydrogen) atoms. The first-order chi connectivity index (χ1) is 5.88. The van der Waals surface area contributed by atoms with Gasteiger partial charge in [0.1, 0.15) is 0 Å². The molecule has 0 rings (SSSR count). The van der Waals surface area contributed by atoms with Crippen molar-refractivity contribution in [2.75, 3.05) is 13.7 Å². The summed E-state index contributed by atoms with van der Waals surface area (Å²) in [7, 11) is 0.698. The van der Waals surface area contributed by atoms with Crippen molar-refractivity contribution in [2.45, 2.75) is 44.9 Å². The normalized spacial score (nSPS) is 17.0. The summed E-state index contributed by atoms with van der Waals surface area (Å²) in [5.74, 6) is 0. The van der Waals surface area contributed by atoms with Crippen LogP contribution in [0.1, 0.15) is 34.1 Å². The molecular formula is C9H21NO2S. The van der Waals surface area contributed by atoms with Gasteiger partial charge < -0.3 is 4.74 Å². The summed E-state index contributed by atoms with van der Waals surface area (Å²) in [6.45, 7) is 8.59. The molecule has 0 amide bonds. The zero-order valence-electron chi connectivity index (χ0n) is 9.22. The third-order valence-electron chi connectivity index (χ3n) is 1.62. The second-order valence-electron chi connectivity index (χ2n) is 4.18. The Labute approximate surface area is 83.8 Å². The molecule has 0 aliphatic heterocycles. The molecule has 0 spiro atoms. The molecule has 3 nitrogen and oxygen atoms in total. The van der Waals surface area contributed by atoms with Crippen LogP contribution in [0.2, 0.25) is 0 Å². The van der Waals surface area contributed by atoms with E-state index in [1.165, 1.54) is 0 Å². The van der Waals surface area contributed by atoms with Crippen molar-refractivity contribution in [3.8, 4) is 0 Å². The fourth-order valence-corrected chi connectivity index (χ4v) is 1.55. The van der Waals surface area contributed by atoms with Crippen LogP contribution in [0.15, 0.2) is 0 Å². The van der Waals surface area contributed by atoms with E-state index in [0.29, 0.717) is 6.61 Å². The molecule has 0 heterocycles. The van der Waals surface area contributed by atoms with Crippen LogP contribution in [0.3, 0.4) is 0 Å². The van der Waals surface area contributed by atoms with E-state index in [9.17, 15) is 4.21 Å². The molecule has 1 N–H and O–H groups in total. The van der Waals surface area contributed by atoms with Gasteiger partial charge in [-0.15, -0.1) is 0 Å². The van der Waals surface area contributed by atoms with Crippen molar-refractivity contribution >= 4 is 11.0 Å². The number of nitrogens with one attached hydrogen (secondary N) is 1. The van der Waals surface area contributed by atoms with Crippen molar-refractivity contribution in [3.63, 3.8) is 0 Å². The number of rotatable bonds is 5. The fraction of sp³-hybridized carbons (Fsp3) is 1.00. The molecule has 0 aliphatic carbocycles. The van der Waals surface area contributed by atoms with Crippen LogP contribution in [0, 0.1) is 0 Å². The van der Waals surface area contributed by atoms with Crippen LogP contribution in [0.4, 0.5) is 0 Å². The molecule has 0 fully saturated rings. The number of hydrogen-bond acceptors (Lipinski definition) is 2. The molecule has 0 aliphatic rings. The average Bonchev–Trinajstić information content (AvgIpc) is 1.99. The SMILES string of the molecule is COCCC(C)NS(=O)C(C)(C)C. The Morgan fingerprint density at radius 1 is 1.46 bits per heavy atom. The molecule has 0 saturated carbocycles. The van der Waals surface area contributed by atoms with Gasteiger partial charge >= 0.3 is 0 Å². The zero-order valence-corrected chi connectivity index (χ0v) is 10.0. The molecule has 0 aromatic heterocycles. The van der Waals surface area contributed by atoms with Crippen molar-refractivity contribution in [3.05, 3.63) is 0 Å². The van der Waals surface area contributed by atoms with Crippen molar-refractivity contribution < 1.29 is 8.95 Å². The summed E-state index contributed by atoms with van der Waals surface area (Å²) in [6.07, 6.45) is 0.887. The first-order valence-electron chi connectivity index (χ1n) is 4.55. The lowest BCUT2D eigenvalue weighted by Gasteiger charge is -2.21. The Hall–Kier alpha value is 0.0700. The van der Waals surface area contributed by atoms with Gasteiger partial charge in [-0.2, -0.15) is 0 Å². The molecule has 0 aromatic carbocycles. The maximum absolute atomic E-state index is 11.6. The standard InChI is InChI=1S/C9H21NO2S/c1-8(6-7-12-5)10-13(11)9(2,3)4/h8,10H,6-7H2,1-5H3. The molecule has 2 atom stereocenters. The monoisotopic (exact) mass is 207 g/mol. The second-order valence-corrected chi connectivity index (χ2v) is 6.18. The van der Waals surface area contributed by atoms with Gasteiger partial charge in [-0.1, -0.05) is 0 Å². The number of ether oxygens (including phenoxy) is 1. The smallest absolute Gasteiger partial charge is 0.0972 e. The Morgan fingerprint density at radius 3 is 2.38 bits per heavy atom. The minimum Gasteiger partial charge on any atom is -0.385 e. The van der Waals surface area contributed by atoms with E-state index in [2.05, 4.69) is 4.72 Å². The first-order valence-corrected chi connectivity index (χ1v) is 5.70. The lowest BCUT2D eigenvalue weighted by atomic mass is 10.3. The molecular weight excluding hydrogens is 186 g/mol. The quantitative estimate of drug-likeness (QED) is 0.741. The van der Waals surface area contributed by atoms with Crippen molar-refractivity contribution in [2.24, 2.45) is 0 Å². The Kier molecular flexibility index (Phi) is 5.76. The van der Waals surface area contributed by atoms with Crippen molar-refractivity contribution in [1.29, 1.82) is 0 Å². The lowest BCUT2D eigenvalue weighted by Crippen LogP contribution is -2.38. The van der Waals surface area contributed by atoms with Crippen LogP contribution in [0.25, 0.3) is 0 Å². The topological polar surface area (TPSA) is 38.3 Å². The van der Waals surface area contributed by atoms with Gasteiger partial charge in [0, 0.05) is 19.8 Å². The summed E-state index contributed by atoms with van der Waals surface area (Å²) in [5.41, 5.74) is 0. The highest BCUT2D eigenvalue weighted by molar-refractivity contribution is 7.84. The van der Waals surface area contributed by atoms with Crippen molar-refractivity contribution in [1.82, 2.24) is 4.72 Å². The van der Waals surface area contributed by atoms with E-state index in [4.69, 9.17) is 4.74 Å². The Balaban J connectivity index is 3.79. The maximum atomic E-state index is 11.6. The summed E-state index contributed by atoms with van der Waals surface area (Å²) in [5, 5.41) is 0. The van der Waals surface area contributed by atoms with E-state index < -0.39 is 11.0 Å². The third kappa shape index (κ3) is 6.18. The van der Waals surface area contributed by atoms with E-state index in [1.807, 2.05) is 27.7 Å². The highest BCUT2D eigenvalue weighted by Gasteiger charge is 2.20. The van der Waals surface area contributed by atoms with E-state index >= 15 is 0 Å². The van der Waals surface area contributed by atoms with Crippen LogP contribution < -0.4 is 4.72 Å². The van der Waals surface area contributed by atoms with E-state index in [1.54, 1.807) is 7.11 Å². The van der Waals surface area contributed by atoms with Gasteiger partial charge in [-0.05, 0) is 34.1 Å². The summed E-state index contributed by atoms with van der Waals surface area (Å²) < 4.78 is 19.4. The van der Waals surface area contributed by atoms with Gasteiger partial charge in [-0.25, -0.2) is 8.93 Å². The van der Waals surface area contributed by atoms with Crippen LogP contribution in [0.5, 0.6) is 0 Å². The summed E-state index contributed by atoms with van der Waals surface area (Å²) >= 11 is 0. The van der Waals surface area contributed by atoms with E-state index in [0.717, 1.165) is 6.42 Å². The van der Waals surface area contributed by atoms with Gasteiger partial charge in [0.05, 0.1) is 15.7 Å².